The van der Waals surface area contributed by atoms with Crippen molar-refractivity contribution in [2.75, 3.05) is 31.1 Å². The molecule has 0 aromatic heterocycles. The van der Waals surface area contributed by atoms with E-state index in [2.05, 4.69) is 5.32 Å². The third-order valence-corrected chi connectivity index (χ3v) is 4.53. The molecule has 1 saturated heterocycles. The average Bonchev–Trinajstić information content (AvgIpc) is 2.76. The van der Waals surface area contributed by atoms with E-state index in [-0.39, 0.29) is 12.8 Å². The highest BCUT2D eigenvalue weighted by molar-refractivity contribution is 5.75. The van der Waals surface area contributed by atoms with Gasteiger partial charge in [-0.05, 0) is 49.5 Å². The van der Waals surface area contributed by atoms with Gasteiger partial charge < -0.3 is 20.4 Å². The number of carbonyl (C=O) groups is 2. The first-order valence-corrected chi connectivity index (χ1v) is 8.81. The summed E-state index contributed by atoms with van der Waals surface area (Å²) in [4.78, 5) is 21.2. The molecule has 2 aliphatic rings. The van der Waals surface area contributed by atoms with Crippen molar-refractivity contribution in [3.05, 3.63) is 28.8 Å². The molecular formula is C18H23F3N2O4. The summed E-state index contributed by atoms with van der Waals surface area (Å²) in [7, 11) is 0. The Bertz CT molecular complexity index is 674. The Kier molecular flexibility index (Phi) is 7.06. The molecule has 0 amide bonds. The van der Waals surface area contributed by atoms with E-state index >= 15 is 0 Å². The number of halogens is 3. The van der Waals surface area contributed by atoms with E-state index in [1.807, 2.05) is 4.90 Å². The van der Waals surface area contributed by atoms with Crippen LogP contribution in [0.2, 0.25) is 0 Å². The van der Waals surface area contributed by atoms with Crippen LogP contribution in [0.15, 0.2) is 12.1 Å². The minimum atomic E-state index is -4.26. The summed E-state index contributed by atoms with van der Waals surface area (Å²) < 4.78 is 39.6. The Balaban J connectivity index is 0.000000279. The number of aliphatic carboxylic acids is 2. The molecule has 0 spiro atoms. The zero-order chi connectivity index (χ0) is 20.0. The van der Waals surface area contributed by atoms with Crippen molar-refractivity contribution < 1.29 is 33.0 Å². The highest BCUT2D eigenvalue weighted by Crippen LogP contribution is 2.41. The van der Waals surface area contributed by atoms with Gasteiger partial charge in [0.25, 0.3) is 0 Å². The minimum absolute atomic E-state index is 0.296. The average molecular weight is 388 g/mol. The van der Waals surface area contributed by atoms with Crippen molar-refractivity contribution in [3.63, 3.8) is 0 Å². The summed E-state index contributed by atoms with van der Waals surface area (Å²) in [6.45, 7) is 3.09. The predicted octanol–water partition coefficient (Wildman–Crippen LogP) is 2.54. The standard InChI is InChI=1S/C14H17F3N2.C4H6O4/c15-14(16,17)12-3-2-10-4-6-18-7-5-11(10)13(12)19-8-1-9-19;5-3(6)1-2-4(7)8/h2-3,18H,1,4-9H2;1-2H2,(H,5,6)(H,7,8). The molecule has 1 aromatic rings. The lowest BCUT2D eigenvalue weighted by Gasteiger charge is -2.37. The van der Waals surface area contributed by atoms with E-state index in [1.165, 1.54) is 6.07 Å². The van der Waals surface area contributed by atoms with Crippen LogP contribution in [-0.2, 0) is 28.6 Å². The second-order valence-electron chi connectivity index (χ2n) is 6.48. The van der Waals surface area contributed by atoms with Gasteiger partial charge in [-0.3, -0.25) is 9.59 Å². The number of hydrogen-bond donors (Lipinski definition) is 3. The van der Waals surface area contributed by atoms with E-state index in [0.29, 0.717) is 12.1 Å². The summed E-state index contributed by atoms with van der Waals surface area (Å²) in [5.41, 5.74) is 1.95. The lowest BCUT2D eigenvalue weighted by Crippen LogP contribution is -2.39. The van der Waals surface area contributed by atoms with Gasteiger partial charge in [-0.25, -0.2) is 0 Å². The van der Waals surface area contributed by atoms with Crippen LogP contribution >= 0.6 is 0 Å². The fraction of sp³-hybridized carbons (Fsp3) is 0.556. The van der Waals surface area contributed by atoms with Gasteiger partial charge in [-0.1, -0.05) is 6.07 Å². The van der Waals surface area contributed by atoms with Crippen LogP contribution in [0.4, 0.5) is 18.9 Å². The van der Waals surface area contributed by atoms with Crippen LogP contribution in [0.1, 0.15) is 36.0 Å². The fourth-order valence-electron chi connectivity index (χ4n) is 3.10. The first kappa shape index (κ1) is 21.0. The molecule has 0 atom stereocenters. The number of carboxylic acid groups (broad SMARTS) is 2. The van der Waals surface area contributed by atoms with Crippen LogP contribution in [0.3, 0.4) is 0 Å². The lowest BCUT2D eigenvalue weighted by atomic mass is 9.94. The molecule has 150 valence electrons. The minimum Gasteiger partial charge on any atom is -0.481 e. The number of alkyl halides is 3. The number of rotatable bonds is 4. The van der Waals surface area contributed by atoms with Gasteiger partial charge in [0.15, 0.2) is 0 Å². The van der Waals surface area contributed by atoms with Crippen molar-refractivity contribution in [1.29, 1.82) is 0 Å². The lowest BCUT2D eigenvalue weighted by molar-refractivity contribution is -0.143. The third kappa shape index (κ3) is 5.85. The van der Waals surface area contributed by atoms with Gasteiger partial charge in [0.2, 0.25) is 0 Å². The Morgan fingerprint density at radius 1 is 1.04 bits per heavy atom. The van der Waals surface area contributed by atoms with Gasteiger partial charge in [0, 0.05) is 13.1 Å². The van der Waals surface area contributed by atoms with Gasteiger partial charge in [-0.2, -0.15) is 13.2 Å². The molecule has 6 nitrogen and oxygen atoms in total. The number of benzene rings is 1. The van der Waals surface area contributed by atoms with E-state index in [0.717, 1.165) is 50.1 Å². The van der Waals surface area contributed by atoms with Crippen LogP contribution in [0.5, 0.6) is 0 Å². The molecule has 0 bridgehead atoms. The van der Waals surface area contributed by atoms with Crippen molar-refractivity contribution in [2.24, 2.45) is 0 Å². The van der Waals surface area contributed by atoms with E-state index in [4.69, 9.17) is 10.2 Å². The van der Waals surface area contributed by atoms with Crippen LogP contribution in [-0.4, -0.2) is 48.3 Å². The van der Waals surface area contributed by atoms with Crippen molar-refractivity contribution >= 4 is 17.6 Å². The molecule has 0 saturated carbocycles. The largest absolute Gasteiger partial charge is 0.481 e. The van der Waals surface area contributed by atoms with Crippen molar-refractivity contribution in [2.45, 2.75) is 38.3 Å². The first-order chi connectivity index (χ1) is 12.7. The molecule has 27 heavy (non-hydrogen) atoms. The summed E-state index contributed by atoms with van der Waals surface area (Å²) in [5.74, 6) is -2.15. The summed E-state index contributed by atoms with van der Waals surface area (Å²) in [6.07, 6.45) is -2.37. The SMILES string of the molecule is FC(F)(F)c1ccc2c(c1N1CCC1)CCNCC2.O=C(O)CCC(=O)O. The zero-order valence-corrected chi connectivity index (χ0v) is 14.8. The van der Waals surface area contributed by atoms with Gasteiger partial charge >= 0.3 is 18.1 Å². The van der Waals surface area contributed by atoms with Crippen LogP contribution < -0.4 is 10.2 Å². The topological polar surface area (TPSA) is 89.9 Å². The van der Waals surface area contributed by atoms with E-state index in [9.17, 15) is 22.8 Å². The first-order valence-electron chi connectivity index (χ1n) is 8.81. The highest BCUT2D eigenvalue weighted by Gasteiger charge is 2.37. The maximum Gasteiger partial charge on any atom is 0.418 e. The zero-order valence-electron chi connectivity index (χ0n) is 14.8. The number of anilines is 1. The second-order valence-corrected chi connectivity index (χ2v) is 6.48. The van der Waals surface area contributed by atoms with E-state index in [1.54, 1.807) is 6.07 Å². The van der Waals surface area contributed by atoms with Gasteiger partial charge in [0.1, 0.15) is 0 Å². The Morgan fingerprint density at radius 3 is 2.11 bits per heavy atom. The van der Waals surface area contributed by atoms with Crippen molar-refractivity contribution in [1.82, 2.24) is 5.32 Å². The molecule has 0 aliphatic carbocycles. The maximum absolute atomic E-state index is 13.2. The quantitative estimate of drug-likeness (QED) is 0.735. The smallest absolute Gasteiger partial charge is 0.418 e. The molecule has 3 rings (SSSR count). The molecule has 2 aliphatic heterocycles. The Hall–Kier alpha value is -2.29. The molecule has 2 heterocycles. The van der Waals surface area contributed by atoms with E-state index < -0.39 is 23.7 Å². The molecule has 3 N–H and O–H groups in total. The highest BCUT2D eigenvalue weighted by atomic mass is 19.4. The second kappa shape index (κ2) is 9.07. The van der Waals surface area contributed by atoms with Crippen LogP contribution in [0.25, 0.3) is 0 Å². The Morgan fingerprint density at radius 2 is 1.63 bits per heavy atom. The van der Waals surface area contributed by atoms with Crippen LogP contribution in [0, 0.1) is 0 Å². The number of nitrogens with one attached hydrogen (secondary N) is 1. The predicted molar refractivity (Wildman–Crippen MR) is 93.1 cm³/mol. The normalized spacial score (nSPS) is 16.3. The molecule has 0 radical (unpaired) electrons. The molecule has 9 heteroatoms. The summed E-state index contributed by atoms with van der Waals surface area (Å²) >= 11 is 0. The molecular weight excluding hydrogens is 365 g/mol. The Labute approximate surface area is 155 Å². The fourth-order valence-corrected chi connectivity index (χ4v) is 3.10. The molecule has 1 fully saturated rings. The van der Waals surface area contributed by atoms with Crippen molar-refractivity contribution in [3.8, 4) is 0 Å². The van der Waals surface area contributed by atoms with Gasteiger partial charge in [0.05, 0.1) is 24.1 Å². The molecule has 0 unspecified atom stereocenters. The third-order valence-electron chi connectivity index (χ3n) is 4.53. The number of nitrogens with zero attached hydrogens (tertiary/aromatic N) is 1. The number of hydrogen-bond acceptors (Lipinski definition) is 4. The number of carboxylic acids is 2. The molecule has 1 aromatic carbocycles. The van der Waals surface area contributed by atoms with Gasteiger partial charge in [-0.15, -0.1) is 0 Å². The number of fused-ring (bicyclic) bond motifs is 1. The maximum atomic E-state index is 13.2. The summed E-state index contributed by atoms with van der Waals surface area (Å²) in [6, 6.07) is 2.92. The summed E-state index contributed by atoms with van der Waals surface area (Å²) in [5, 5.41) is 19.1. The monoisotopic (exact) mass is 388 g/mol.